The molecule has 0 spiro atoms. The Morgan fingerprint density at radius 1 is 1.33 bits per heavy atom. The summed E-state index contributed by atoms with van der Waals surface area (Å²) in [4.78, 5) is 14.2. The normalized spacial score (nSPS) is 16.9. The van der Waals surface area contributed by atoms with Crippen molar-refractivity contribution in [2.24, 2.45) is 5.92 Å². The number of hydrogen-bond acceptors (Lipinski definition) is 5. The van der Waals surface area contributed by atoms with Crippen LogP contribution in [0.1, 0.15) is 19.8 Å². The van der Waals surface area contributed by atoms with Crippen LogP contribution in [0.5, 0.6) is 0 Å². The highest BCUT2D eigenvalue weighted by atomic mass is 16.8. The molecule has 1 aromatic carbocycles. The second-order valence-electron chi connectivity index (χ2n) is 5.44. The van der Waals surface area contributed by atoms with Crippen molar-refractivity contribution >= 4 is 22.8 Å². The topological polar surface area (TPSA) is 102 Å². The van der Waals surface area contributed by atoms with Crippen molar-refractivity contribution in [2.75, 3.05) is 13.1 Å². The summed E-state index contributed by atoms with van der Waals surface area (Å²) in [7, 11) is 0. The van der Waals surface area contributed by atoms with Gasteiger partial charge >= 0.3 is 6.03 Å². The standard InChI is InChI=1S/C13H16N5O3/c1-9-4-6-16(7-5-9)13(19)17-12-8-10(18(20)21)2-3-11(12)14-15-17/h2-3,8-9,18H,4-7H2,1H3/q-1. The van der Waals surface area contributed by atoms with Crippen LogP contribution in [0.4, 0.5) is 10.5 Å². The lowest BCUT2D eigenvalue weighted by atomic mass is 10.00. The largest absolute Gasteiger partial charge is 0.628 e. The van der Waals surface area contributed by atoms with Crippen molar-refractivity contribution in [3.05, 3.63) is 28.6 Å². The van der Waals surface area contributed by atoms with E-state index >= 15 is 0 Å². The minimum absolute atomic E-state index is 0.00566. The summed E-state index contributed by atoms with van der Waals surface area (Å²) in [6.45, 7) is 3.53. The van der Waals surface area contributed by atoms with Crippen LogP contribution in [0.25, 0.3) is 11.0 Å². The zero-order valence-corrected chi connectivity index (χ0v) is 11.7. The van der Waals surface area contributed by atoms with Crippen LogP contribution in [0.3, 0.4) is 0 Å². The highest BCUT2D eigenvalue weighted by Gasteiger charge is 2.23. The van der Waals surface area contributed by atoms with Crippen LogP contribution in [0.15, 0.2) is 18.2 Å². The van der Waals surface area contributed by atoms with Gasteiger partial charge in [-0.2, -0.15) is 4.68 Å². The average molecular weight is 290 g/mol. The summed E-state index contributed by atoms with van der Waals surface area (Å²) < 4.78 is 1.16. The lowest BCUT2D eigenvalue weighted by Crippen LogP contribution is -2.96. The van der Waals surface area contributed by atoms with E-state index in [1.165, 1.54) is 18.2 Å². The van der Waals surface area contributed by atoms with E-state index in [0.29, 0.717) is 30.0 Å². The monoisotopic (exact) mass is 290 g/mol. The Labute approximate surface area is 121 Å². The van der Waals surface area contributed by atoms with Gasteiger partial charge in [0.05, 0.1) is 0 Å². The predicted molar refractivity (Wildman–Crippen MR) is 75.6 cm³/mol. The van der Waals surface area contributed by atoms with Gasteiger partial charge in [-0.15, -0.1) is 5.10 Å². The molecule has 0 bridgehead atoms. The van der Waals surface area contributed by atoms with Crippen molar-refractivity contribution in [2.45, 2.75) is 19.8 Å². The highest BCUT2D eigenvalue weighted by Crippen LogP contribution is 2.19. The molecule has 2 heterocycles. The lowest BCUT2D eigenvalue weighted by molar-refractivity contribution is -0.715. The molecule has 2 aromatic rings. The maximum absolute atomic E-state index is 12.5. The summed E-state index contributed by atoms with van der Waals surface area (Å²) in [5.41, 5.74) is 0.880. The number of rotatable bonds is 1. The average Bonchev–Trinajstić information content (AvgIpc) is 2.90. The molecule has 1 saturated heterocycles. The molecule has 0 unspecified atom stereocenters. The maximum atomic E-state index is 12.5. The third kappa shape index (κ3) is 2.60. The van der Waals surface area contributed by atoms with Crippen molar-refractivity contribution in [1.82, 2.24) is 19.9 Å². The first-order valence-corrected chi connectivity index (χ1v) is 6.92. The molecule has 0 saturated carbocycles. The zero-order chi connectivity index (χ0) is 15.0. The van der Waals surface area contributed by atoms with Gasteiger partial charge in [0.1, 0.15) is 16.7 Å². The number of nitrogens with one attached hydrogen (secondary N) is 1. The molecule has 1 fully saturated rings. The van der Waals surface area contributed by atoms with Crippen LogP contribution >= 0.6 is 0 Å². The number of carbonyl (C=O) groups excluding carboxylic acids is 1. The van der Waals surface area contributed by atoms with Crippen molar-refractivity contribution in [3.8, 4) is 0 Å². The summed E-state index contributed by atoms with van der Waals surface area (Å²) >= 11 is 0. The van der Waals surface area contributed by atoms with Crippen molar-refractivity contribution in [1.29, 1.82) is 0 Å². The van der Waals surface area contributed by atoms with Crippen LogP contribution < -0.4 is 5.23 Å². The van der Waals surface area contributed by atoms with Gasteiger partial charge in [0.2, 0.25) is 0 Å². The Hall–Kier alpha value is -2.03. The molecular formula is C13H16N5O3-. The highest BCUT2D eigenvalue weighted by molar-refractivity contribution is 5.88. The minimum atomic E-state index is -1.29. The number of benzene rings is 1. The summed E-state index contributed by atoms with van der Waals surface area (Å²) in [5, 5.41) is 28.3. The number of quaternary nitrogens is 1. The molecular weight excluding hydrogens is 274 g/mol. The molecule has 1 N–H and O–H groups in total. The number of aromatic nitrogens is 3. The fourth-order valence-corrected chi connectivity index (χ4v) is 2.52. The predicted octanol–water partition coefficient (Wildman–Crippen LogP) is 0.643. The fourth-order valence-electron chi connectivity index (χ4n) is 2.52. The molecule has 3 rings (SSSR count). The van der Waals surface area contributed by atoms with Crippen LogP contribution in [-0.2, 0) is 0 Å². The van der Waals surface area contributed by atoms with E-state index < -0.39 is 5.23 Å². The third-order valence-electron chi connectivity index (χ3n) is 3.92. The number of carbonyl (C=O) groups is 1. The van der Waals surface area contributed by atoms with Gasteiger partial charge in [0.25, 0.3) is 0 Å². The molecule has 1 amide bonds. The van der Waals surface area contributed by atoms with Gasteiger partial charge in [-0.05, 0) is 24.8 Å². The van der Waals surface area contributed by atoms with E-state index in [2.05, 4.69) is 17.2 Å². The number of nitrogens with zero attached hydrogens (tertiary/aromatic N) is 4. The fraction of sp³-hybridized carbons (Fsp3) is 0.462. The van der Waals surface area contributed by atoms with Gasteiger partial charge in [-0.1, -0.05) is 12.1 Å². The van der Waals surface area contributed by atoms with Crippen molar-refractivity contribution < 1.29 is 10.0 Å². The zero-order valence-electron chi connectivity index (χ0n) is 11.7. The number of fused-ring (bicyclic) bond motifs is 1. The molecule has 8 nitrogen and oxygen atoms in total. The number of piperidine rings is 1. The molecule has 8 heteroatoms. The Morgan fingerprint density at radius 2 is 2.05 bits per heavy atom. The Kier molecular flexibility index (Phi) is 3.58. The second-order valence-corrected chi connectivity index (χ2v) is 5.44. The first kappa shape index (κ1) is 13.9. The minimum Gasteiger partial charge on any atom is -0.628 e. The first-order chi connectivity index (χ1) is 10.1. The van der Waals surface area contributed by atoms with E-state index in [9.17, 15) is 15.2 Å². The maximum Gasteiger partial charge on any atom is 0.346 e. The lowest BCUT2D eigenvalue weighted by Gasteiger charge is -2.29. The molecule has 0 atom stereocenters. The van der Waals surface area contributed by atoms with Crippen LogP contribution in [-0.4, -0.2) is 39.0 Å². The molecule has 1 aliphatic rings. The SMILES string of the molecule is CC1CCN(C(=O)n2nnc3ccc([NH+]([O-])[O-])cc32)CC1. The molecule has 0 aliphatic carbocycles. The number of likely N-dealkylation sites (tertiary alicyclic amines) is 1. The number of hydrogen-bond donors (Lipinski definition) is 1. The van der Waals surface area contributed by atoms with E-state index in [1.54, 1.807) is 4.90 Å². The summed E-state index contributed by atoms with van der Waals surface area (Å²) in [6, 6.07) is 4.02. The molecule has 1 aromatic heterocycles. The molecule has 112 valence electrons. The van der Waals surface area contributed by atoms with Crippen LogP contribution in [0, 0.1) is 16.3 Å². The van der Waals surface area contributed by atoms with Gasteiger partial charge in [0, 0.05) is 25.2 Å². The second kappa shape index (κ2) is 5.40. The van der Waals surface area contributed by atoms with E-state index in [0.717, 1.165) is 17.5 Å². The summed E-state index contributed by atoms with van der Waals surface area (Å²) in [5.74, 6) is 0.617. The molecule has 0 radical (unpaired) electrons. The van der Waals surface area contributed by atoms with Gasteiger partial charge < -0.3 is 20.5 Å². The van der Waals surface area contributed by atoms with Gasteiger partial charge in [-0.25, -0.2) is 4.79 Å². The van der Waals surface area contributed by atoms with Gasteiger partial charge in [0.15, 0.2) is 0 Å². The molecule has 1 aliphatic heterocycles. The number of amides is 1. The quantitative estimate of drug-likeness (QED) is 0.777. The summed E-state index contributed by atoms with van der Waals surface area (Å²) in [6.07, 6.45) is 1.92. The van der Waals surface area contributed by atoms with Gasteiger partial charge in [-0.3, -0.25) is 0 Å². The van der Waals surface area contributed by atoms with Crippen molar-refractivity contribution in [3.63, 3.8) is 0 Å². The Morgan fingerprint density at radius 3 is 2.71 bits per heavy atom. The smallest absolute Gasteiger partial charge is 0.346 e. The Bertz CT molecular complexity index is 661. The first-order valence-electron chi connectivity index (χ1n) is 6.92. The van der Waals surface area contributed by atoms with Crippen LogP contribution in [0.2, 0.25) is 0 Å². The Balaban J connectivity index is 1.92. The van der Waals surface area contributed by atoms with E-state index in [-0.39, 0.29) is 11.7 Å². The van der Waals surface area contributed by atoms with E-state index in [1.807, 2.05) is 0 Å². The molecule has 21 heavy (non-hydrogen) atoms. The third-order valence-corrected chi connectivity index (χ3v) is 3.92. The van der Waals surface area contributed by atoms with E-state index in [4.69, 9.17) is 0 Å².